The minimum atomic E-state index is -4.11. The molecule has 32 heavy (non-hydrogen) atoms. The summed E-state index contributed by atoms with van der Waals surface area (Å²) < 4.78 is 37.2. The van der Waals surface area contributed by atoms with Gasteiger partial charge < -0.3 is 9.64 Å². The van der Waals surface area contributed by atoms with Gasteiger partial charge in [0, 0.05) is 20.0 Å². The number of aromatic nitrogens is 2. The Morgan fingerprint density at radius 1 is 1.06 bits per heavy atom. The fourth-order valence-electron chi connectivity index (χ4n) is 3.83. The molecule has 0 spiro atoms. The van der Waals surface area contributed by atoms with Crippen LogP contribution in [0.3, 0.4) is 0 Å². The molecule has 9 nitrogen and oxygen atoms in total. The number of carbonyl (C=O) groups is 1. The Kier molecular flexibility index (Phi) is 5.55. The third-order valence-electron chi connectivity index (χ3n) is 5.62. The van der Waals surface area contributed by atoms with E-state index in [0.29, 0.717) is 42.2 Å². The number of amides is 1. The van der Waals surface area contributed by atoms with Gasteiger partial charge in [-0.3, -0.25) is 19.0 Å². The largest absolute Gasteiger partial charge is 0.495 e. The van der Waals surface area contributed by atoms with E-state index in [0.717, 1.165) is 0 Å². The van der Waals surface area contributed by atoms with E-state index in [9.17, 15) is 18.0 Å². The van der Waals surface area contributed by atoms with Gasteiger partial charge in [-0.1, -0.05) is 18.2 Å². The number of ether oxygens (including phenoxy) is 1. The summed E-state index contributed by atoms with van der Waals surface area (Å²) in [6, 6.07) is 13.3. The topological polar surface area (TPSA) is 103 Å². The van der Waals surface area contributed by atoms with Crippen LogP contribution in [0, 0.1) is 6.92 Å². The lowest BCUT2D eigenvalue weighted by atomic mass is 10.2. The predicted octanol–water partition coefficient (Wildman–Crippen LogP) is 2.42. The highest BCUT2D eigenvalue weighted by Gasteiger charge is 2.28. The van der Waals surface area contributed by atoms with Crippen LogP contribution in [-0.4, -0.2) is 37.3 Å². The molecule has 1 aliphatic rings. The molecule has 1 fully saturated rings. The van der Waals surface area contributed by atoms with Crippen LogP contribution in [0.5, 0.6) is 5.75 Å². The lowest BCUT2D eigenvalue weighted by Gasteiger charge is -2.20. The standard InChI is InChI=1S/C22H24N4O5S/c1-15-21(22(28)26(24(15)2)16-8-5-4-6-9-16)23-32(29,30)17-11-12-19(31-3)18(14-17)25-13-7-10-20(25)27/h4-6,8-9,11-12,14,23H,7,10,13H2,1-3H3. The smallest absolute Gasteiger partial charge is 0.296 e. The number of benzene rings is 2. The minimum Gasteiger partial charge on any atom is -0.495 e. The van der Waals surface area contributed by atoms with Gasteiger partial charge in [0.1, 0.15) is 11.4 Å². The molecule has 0 aliphatic carbocycles. The highest BCUT2D eigenvalue weighted by atomic mass is 32.2. The number of hydrogen-bond donors (Lipinski definition) is 1. The van der Waals surface area contributed by atoms with Crippen molar-refractivity contribution in [2.24, 2.45) is 7.05 Å². The minimum absolute atomic E-state index is 0.0361. The van der Waals surface area contributed by atoms with Crippen LogP contribution in [0.2, 0.25) is 0 Å². The van der Waals surface area contributed by atoms with Crippen LogP contribution >= 0.6 is 0 Å². The molecule has 1 amide bonds. The average molecular weight is 457 g/mol. The summed E-state index contributed by atoms with van der Waals surface area (Å²) in [6.45, 7) is 2.16. The van der Waals surface area contributed by atoms with E-state index in [1.165, 1.54) is 34.9 Å². The fourth-order valence-corrected chi connectivity index (χ4v) is 4.97. The summed E-state index contributed by atoms with van der Waals surface area (Å²) in [5.74, 6) is 0.317. The number of methoxy groups -OCH3 is 1. The van der Waals surface area contributed by atoms with Gasteiger partial charge in [0.05, 0.1) is 29.1 Å². The molecule has 0 unspecified atom stereocenters. The van der Waals surface area contributed by atoms with Crippen molar-refractivity contribution in [3.05, 3.63) is 64.6 Å². The van der Waals surface area contributed by atoms with E-state index < -0.39 is 15.6 Å². The van der Waals surface area contributed by atoms with E-state index in [-0.39, 0.29) is 16.5 Å². The number of rotatable bonds is 6. The molecular formula is C22H24N4O5S. The summed E-state index contributed by atoms with van der Waals surface area (Å²) in [6.07, 6.45) is 1.10. The number of anilines is 2. The molecule has 1 N–H and O–H groups in total. The molecule has 0 atom stereocenters. The molecular weight excluding hydrogens is 432 g/mol. The van der Waals surface area contributed by atoms with Gasteiger partial charge in [-0.2, -0.15) is 0 Å². The van der Waals surface area contributed by atoms with Crippen molar-refractivity contribution in [2.75, 3.05) is 23.3 Å². The molecule has 2 aromatic carbocycles. The SMILES string of the molecule is COc1ccc(S(=O)(=O)Nc2c(C)n(C)n(-c3ccccc3)c2=O)cc1N1CCCC1=O. The van der Waals surface area contributed by atoms with Crippen LogP contribution in [0.4, 0.5) is 11.4 Å². The van der Waals surface area contributed by atoms with Crippen molar-refractivity contribution >= 4 is 27.3 Å². The van der Waals surface area contributed by atoms with Gasteiger partial charge in [0.15, 0.2) is 0 Å². The van der Waals surface area contributed by atoms with Crippen molar-refractivity contribution in [3.63, 3.8) is 0 Å². The molecule has 0 bridgehead atoms. The number of hydrogen-bond acceptors (Lipinski definition) is 5. The monoisotopic (exact) mass is 456 g/mol. The van der Waals surface area contributed by atoms with Crippen LogP contribution in [0.15, 0.2) is 58.2 Å². The number of carbonyl (C=O) groups excluding carboxylic acids is 1. The Morgan fingerprint density at radius 2 is 1.78 bits per heavy atom. The summed E-state index contributed by atoms with van der Waals surface area (Å²) in [4.78, 5) is 26.8. The Bertz CT molecular complexity index is 1340. The second-order valence-electron chi connectivity index (χ2n) is 7.52. The first-order valence-corrected chi connectivity index (χ1v) is 11.6. The maximum atomic E-state index is 13.2. The maximum Gasteiger partial charge on any atom is 0.296 e. The summed E-state index contributed by atoms with van der Waals surface area (Å²) in [5, 5.41) is 0. The molecule has 1 aromatic heterocycles. The zero-order valence-electron chi connectivity index (χ0n) is 18.0. The first-order chi connectivity index (χ1) is 15.2. The molecule has 2 heterocycles. The first kappa shape index (κ1) is 21.7. The Balaban J connectivity index is 1.75. The van der Waals surface area contributed by atoms with Crippen molar-refractivity contribution < 1.29 is 17.9 Å². The number of nitrogens with one attached hydrogen (secondary N) is 1. The van der Waals surface area contributed by atoms with Crippen LogP contribution in [0.25, 0.3) is 5.69 Å². The van der Waals surface area contributed by atoms with Crippen LogP contribution in [0.1, 0.15) is 18.5 Å². The average Bonchev–Trinajstić information content (AvgIpc) is 3.30. The molecule has 0 radical (unpaired) electrons. The third-order valence-corrected chi connectivity index (χ3v) is 6.96. The van der Waals surface area contributed by atoms with Gasteiger partial charge in [-0.05, 0) is 43.7 Å². The molecule has 4 rings (SSSR count). The summed E-state index contributed by atoms with van der Waals surface area (Å²) in [7, 11) is -0.959. The highest BCUT2D eigenvalue weighted by Crippen LogP contribution is 2.34. The zero-order chi connectivity index (χ0) is 23.0. The number of nitrogens with zero attached hydrogens (tertiary/aromatic N) is 3. The van der Waals surface area contributed by atoms with Crippen molar-refractivity contribution in [1.82, 2.24) is 9.36 Å². The van der Waals surface area contributed by atoms with E-state index in [4.69, 9.17) is 4.74 Å². The molecule has 0 saturated carbocycles. The Hall–Kier alpha value is -3.53. The van der Waals surface area contributed by atoms with E-state index in [1.54, 1.807) is 42.9 Å². The molecule has 10 heteroatoms. The summed E-state index contributed by atoms with van der Waals surface area (Å²) in [5.41, 5.74) is 0.956. The Morgan fingerprint density at radius 3 is 2.41 bits per heavy atom. The normalized spacial score (nSPS) is 14.1. The zero-order valence-corrected chi connectivity index (χ0v) is 18.8. The second-order valence-corrected chi connectivity index (χ2v) is 9.21. The highest BCUT2D eigenvalue weighted by molar-refractivity contribution is 7.92. The van der Waals surface area contributed by atoms with Crippen LogP contribution < -0.4 is 19.9 Å². The molecule has 168 valence electrons. The van der Waals surface area contributed by atoms with Gasteiger partial charge in [0.25, 0.3) is 15.6 Å². The van der Waals surface area contributed by atoms with Gasteiger partial charge >= 0.3 is 0 Å². The van der Waals surface area contributed by atoms with Gasteiger partial charge in [-0.15, -0.1) is 0 Å². The van der Waals surface area contributed by atoms with Crippen molar-refractivity contribution in [2.45, 2.75) is 24.7 Å². The van der Waals surface area contributed by atoms with Crippen molar-refractivity contribution in [3.8, 4) is 11.4 Å². The first-order valence-electron chi connectivity index (χ1n) is 10.1. The van der Waals surface area contributed by atoms with Gasteiger partial charge in [-0.25, -0.2) is 13.1 Å². The molecule has 1 saturated heterocycles. The van der Waals surface area contributed by atoms with E-state index in [2.05, 4.69) is 4.72 Å². The van der Waals surface area contributed by atoms with Gasteiger partial charge in [0.2, 0.25) is 5.91 Å². The summed E-state index contributed by atoms with van der Waals surface area (Å²) >= 11 is 0. The Labute approximate surface area is 185 Å². The van der Waals surface area contributed by atoms with Crippen molar-refractivity contribution in [1.29, 1.82) is 0 Å². The number of sulfonamides is 1. The molecule has 3 aromatic rings. The third kappa shape index (κ3) is 3.66. The lowest BCUT2D eigenvalue weighted by Crippen LogP contribution is -2.25. The van der Waals surface area contributed by atoms with E-state index >= 15 is 0 Å². The van der Waals surface area contributed by atoms with Crippen LogP contribution in [-0.2, 0) is 21.9 Å². The quantitative estimate of drug-likeness (QED) is 0.614. The number of para-hydroxylation sites is 1. The van der Waals surface area contributed by atoms with E-state index in [1.807, 2.05) is 6.07 Å². The fraction of sp³-hybridized carbons (Fsp3) is 0.273. The predicted molar refractivity (Wildman–Crippen MR) is 121 cm³/mol. The second kappa shape index (κ2) is 8.19. The maximum absolute atomic E-state index is 13.2. The molecule has 1 aliphatic heterocycles. The lowest BCUT2D eigenvalue weighted by molar-refractivity contribution is -0.117.